The van der Waals surface area contributed by atoms with Crippen molar-refractivity contribution in [3.05, 3.63) is 12.2 Å². The zero-order valence-corrected chi connectivity index (χ0v) is 7.46. The van der Waals surface area contributed by atoms with Crippen LogP contribution in [0.5, 0.6) is 0 Å². The molecule has 0 heterocycles. The monoisotopic (exact) mass is 152 g/mol. The lowest BCUT2D eigenvalue weighted by molar-refractivity contribution is 0.0871. The Labute approximate surface area is 68.1 Å². The van der Waals surface area contributed by atoms with Crippen molar-refractivity contribution in [2.75, 3.05) is 0 Å². The Hall–Kier alpha value is -0.300. The summed E-state index contributed by atoms with van der Waals surface area (Å²) in [5, 5.41) is 9.72. The van der Waals surface area contributed by atoms with Crippen LogP contribution in [0.25, 0.3) is 0 Å². The second-order valence-electron chi connectivity index (χ2n) is 4.87. The second kappa shape index (κ2) is 1.71. The molecule has 1 fully saturated rings. The molecule has 1 nitrogen and oxygen atoms in total. The summed E-state index contributed by atoms with van der Waals surface area (Å²) in [6.07, 6.45) is 5.10. The molecule has 1 saturated carbocycles. The van der Waals surface area contributed by atoms with E-state index in [0.717, 1.165) is 18.3 Å². The summed E-state index contributed by atoms with van der Waals surface area (Å²) < 4.78 is 0. The Morgan fingerprint density at radius 2 is 2.00 bits per heavy atom. The van der Waals surface area contributed by atoms with Crippen LogP contribution in [0.4, 0.5) is 0 Å². The van der Waals surface area contributed by atoms with Crippen LogP contribution in [0.2, 0.25) is 0 Å². The molecule has 2 aliphatic rings. The quantitative estimate of drug-likeness (QED) is 0.526. The SMILES string of the molecule is CC1(O)C=C[C@H]2[C@H](C1)C2(C)C. The highest BCUT2D eigenvalue weighted by molar-refractivity contribution is 5.23. The van der Waals surface area contributed by atoms with Crippen LogP contribution < -0.4 is 0 Å². The third kappa shape index (κ3) is 0.943. The lowest BCUT2D eigenvalue weighted by atomic mass is 9.93. The number of aliphatic hydroxyl groups is 1. The fourth-order valence-electron chi connectivity index (χ4n) is 2.38. The Morgan fingerprint density at radius 3 is 2.45 bits per heavy atom. The number of fused-ring (bicyclic) bond motifs is 1. The van der Waals surface area contributed by atoms with Gasteiger partial charge in [0.1, 0.15) is 0 Å². The van der Waals surface area contributed by atoms with Gasteiger partial charge in [0.05, 0.1) is 5.60 Å². The fraction of sp³-hybridized carbons (Fsp3) is 0.800. The Balaban J connectivity index is 2.20. The van der Waals surface area contributed by atoms with Gasteiger partial charge >= 0.3 is 0 Å². The Bertz CT molecular complexity index is 213. The van der Waals surface area contributed by atoms with Crippen molar-refractivity contribution < 1.29 is 5.11 Å². The van der Waals surface area contributed by atoms with E-state index in [1.54, 1.807) is 0 Å². The van der Waals surface area contributed by atoms with E-state index in [1.165, 1.54) is 0 Å². The summed E-state index contributed by atoms with van der Waals surface area (Å²) in [5.74, 6) is 1.46. The van der Waals surface area contributed by atoms with Gasteiger partial charge in [-0.2, -0.15) is 0 Å². The van der Waals surface area contributed by atoms with Crippen LogP contribution in [-0.2, 0) is 0 Å². The zero-order valence-electron chi connectivity index (χ0n) is 7.46. The van der Waals surface area contributed by atoms with Crippen LogP contribution in [0, 0.1) is 17.3 Å². The van der Waals surface area contributed by atoms with Crippen molar-refractivity contribution in [3.8, 4) is 0 Å². The number of hydrogen-bond acceptors (Lipinski definition) is 1. The first-order valence-corrected chi connectivity index (χ1v) is 4.35. The van der Waals surface area contributed by atoms with Gasteiger partial charge in [-0.05, 0) is 30.6 Å². The Kier molecular flexibility index (Phi) is 1.15. The van der Waals surface area contributed by atoms with Gasteiger partial charge in [0.15, 0.2) is 0 Å². The molecule has 3 atom stereocenters. The normalized spacial score (nSPS) is 52.0. The minimum atomic E-state index is -0.533. The standard InChI is InChI=1S/C10H16O/c1-9(2)7-4-5-10(3,11)6-8(7)9/h4-5,7-8,11H,6H2,1-3H3/t7-,8-,10?/m0/s1. The molecule has 2 aliphatic carbocycles. The third-order valence-electron chi connectivity index (χ3n) is 3.43. The topological polar surface area (TPSA) is 20.2 Å². The predicted octanol–water partition coefficient (Wildman–Crippen LogP) is 1.97. The highest BCUT2D eigenvalue weighted by atomic mass is 16.3. The molecule has 0 aromatic rings. The van der Waals surface area contributed by atoms with E-state index in [0.29, 0.717) is 5.41 Å². The van der Waals surface area contributed by atoms with E-state index in [9.17, 15) is 5.11 Å². The van der Waals surface area contributed by atoms with Crippen LogP contribution in [0.1, 0.15) is 27.2 Å². The average Bonchev–Trinajstić information content (AvgIpc) is 2.32. The van der Waals surface area contributed by atoms with Crippen molar-refractivity contribution in [1.82, 2.24) is 0 Å². The van der Waals surface area contributed by atoms with Gasteiger partial charge in [-0.15, -0.1) is 0 Å². The predicted molar refractivity (Wildman–Crippen MR) is 45.1 cm³/mol. The summed E-state index contributed by atoms with van der Waals surface area (Å²) in [4.78, 5) is 0. The van der Waals surface area contributed by atoms with Crippen molar-refractivity contribution in [2.45, 2.75) is 32.8 Å². The minimum absolute atomic E-state index is 0.455. The molecule has 11 heavy (non-hydrogen) atoms. The number of allylic oxidation sites excluding steroid dienone is 1. The zero-order chi connectivity index (χ0) is 8.28. The molecule has 0 radical (unpaired) electrons. The van der Waals surface area contributed by atoms with Crippen LogP contribution in [0.3, 0.4) is 0 Å². The molecule has 0 bridgehead atoms. The molecule has 1 unspecified atom stereocenters. The van der Waals surface area contributed by atoms with Gasteiger partial charge in [-0.25, -0.2) is 0 Å². The number of hydrogen-bond donors (Lipinski definition) is 1. The van der Waals surface area contributed by atoms with E-state index in [-0.39, 0.29) is 0 Å². The van der Waals surface area contributed by atoms with Crippen molar-refractivity contribution in [2.24, 2.45) is 17.3 Å². The molecule has 0 saturated heterocycles. The van der Waals surface area contributed by atoms with E-state index in [2.05, 4.69) is 19.9 Å². The largest absolute Gasteiger partial charge is 0.386 e. The van der Waals surface area contributed by atoms with Gasteiger partial charge in [-0.1, -0.05) is 26.0 Å². The summed E-state index contributed by atoms with van der Waals surface area (Å²) in [6.45, 7) is 6.47. The molecule has 0 amide bonds. The van der Waals surface area contributed by atoms with Gasteiger partial charge in [-0.3, -0.25) is 0 Å². The van der Waals surface area contributed by atoms with Crippen molar-refractivity contribution in [3.63, 3.8) is 0 Å². The van der Waals surface area contributed by atoms with Gasteiger partial charge in [0.2, 0.25) is 0 Å². The first kappa shape index (κ1) is 7.35. The molecule has 1 heteroatoms. The van der Waals surface area contributed by atoms with Crippen LogP contribution in [0.15, 0.2) is 12.2 Å². The van der Waals surface area contributed by atoms with E-state index < -0.39 is 5.60 Å². The molecule has 0 aromatic heterocycles. The van der Waals surface area contributed by atoms with E-state index in [4.69, 9.17) is 0 Å². The fourth-order valence-corrected chi connectivity index (χ4v) is 2.38. The van der Waals surface area contributed by atoms with Crippen LogP contribution >= 0.6 is 0 Å². The van der Waals surface area contributed by atoms with Crippen molar-refractivity contribution >= 4 is 0 Å². The minimum Gasteiger partial charge on any atom is -0.386 e. The summed E-state index contributed by atoms with van der Waals surface area (Å²) >= 11 is 0. The molecule has 1 N–H and O–H groups in total. The van der Waals surface area contributed by atoms with Gasteiger partial charge in [0, 0.05) is 0 Å². The molecule has 0 aromatic carbocycles. The van der Waals surface area contributed by atoms with E-state index in [1.807, 2.05) is 13.0 Å². The van der Waals surface area contributed by atoms with Crippen LogP contribution in [-0.4, -0.2) is 10.7 Å². The highest BCUT2D eigenvalue weighted by Gasteiger charge is 2.59. The maximum Gasteiger partial charge on any atom is 0.0802 e. The average molecular weight is 152 g/mol. The first-order valence-electron chi connectivity index (χ1n) is 4.35. The van der Waals surface area contributed by atoms with Gasteiger partial charge in [0.25, 0.3) is 0 Å². The molecule has 62 valence electrons. The lowest BCUT2D eigenvalue weighted by Crippen LogP contribution is -2.24. The maximum atomic E-state index is 9.72. The molecule has 0 aliphatic heterocycles. The molecule has 2 rings (SSSR count). The van der Waals surface area contributed by atoms with Crippen molar-refractivity contribution in [1.29, 1.82) is 0 Å². The summed E-state index contributed by atoms with van der Waals surface area (Å²) in [5.41, 5.74) is -0.0775. The summed E-state index contributed by atoms with van der Waals surface area (Å²) in [7, 11) is 0. The number of rotatable bonds is 0. The first-order chi connectivity index (χ1) is 4.93. The molecular weight excluding hydrogens is 136 g/mol. The van der Waals surface area contributed by atoms with Gasteiger partial charge < -0.3 is 5.11 Å². The van der Waals surface area contributed by atoms with E-state index >= 15 is 0 Å². The smallest absolute Gasteiger partial charge is 0.0802 e. The maximum absolute atomic E-state index is 9.72. The highest BCUT2D eigenvalue weighted by Crippen LogP contribution is 2.63. The third-order valence-corrected chi connectivity index (χ3v) is 3.43. The lowest BCUT2D eigenvalue weighted by Gasteiger charge is -2.21. The Morgan fingerprint density at radius 1 is 1.36 bits per heavy atom. The molecular formula is C10H16O. The summed E-state index contributed by atoms with van der Waals surface area (Å²) in [6, 6.07) is 0. The second-order valence-corrected chi connectivity index (χ2v) is 4.87. The molecule has 0 spiro atoms.